The minimum absolute atomic E-state index is 0.000980. The zero-order valence-electron chi connectivity index (χ0n) is 14.8. The smallest absolute Gasteiger partial charge is 0.305 e. The van der Waals surface area contributed by atoms with Crippen LogP contribution in [0.4, 0.5) is 0 Å². The first-order valence-corrected chi connectivity index (χ1v) is 9.34. The van der Waals surface area contributed by atoms with Crippen molar-refractivity contribution in [3.05, 3.63) is 23.0 Å². The van der Waals surface area contributed by atoms with E-state index in [9.17, 15) is 9.59 Å². The monoisotopic (exact) mass is 378 g/mol. The van der Waals surface area contributed by atoms with Crippen molar-refractivity contribution < 1.29 is 19.4 Å². The third-order valence-electron chi connectivity index (χ3n) is 4.40. The van der Waals surface area contributed by atoms with Gasteiger partial charge in [0.1, 0.15) is 9.88 Å². The van der Waals surface area contributed by atoms with Crippen molar-refractivity contribution in [3.8, 4) is 10.6 Å². The maximum absolute atomic E-state index is 13.2. The van der Waals surface area contributed by atoms with E-state index in [4.69, 9.17) is 9.84 Å². The van der Waals surface area contributed by atoms with Crippen LogP contribution in [0.5, 0.6) is 0 Å². The van der Waals surface area contributed by atoms with Gasteiger partial charge in [-0.2, -0.15) is 5.10 Å². The first kappa shape index (κ1) is 18.5. The maximum Gasteiger partial charge on any atom is 0.305 e. The summed E-state index contributed by atoms with van der Waals surface area (Å²) in [5.74, 6) is -1.06. The number of carboxylic acids is 1. The van der Waals surface area contributed by atoms with Crippen LogP contribution in [0.2, 0.25) is 0 Å². The van der Waals surface area contributed by atoms with E-state index in [1.54, 1.807) is 15.8 Å². The molecule has 0 spiro atoms. The number of aliphatic carboxylic acids is 1. The first-order chi connectivity index (χ1) is 12.5. The van der Waals surface area contributed by atoms with E-state index in [1.807, 2.05) is 20.2 Å². The fraction of sp³-hybridized carbons (Fsp3) is 0.529. The van der Waals surface area contributed by atoms with E-state index in [-0.39, 0.29) is 24.9 Å². The van der Waals surface area contributed by atoms with Gasteiger partial charge >= 0.3 is 5.97 Å². The molecule has 1 saturated heterocycles. The van der Waals surface area contributed by atoms with Crippen LogP contribution in [0, 0.1) is 6.92 Å². The zero-order valence-corrected chi connectivity index (χ0v) is 15.7. The van der Waals surface area contributed by atoms with Crippen LogP contribution in [-0.4, -0.2) is 62.4 Å². The summed E-state index contributed by atoms with van der Waals surface area (Å²) >= 11 is 1.33. The van der Waals surface area contributed by atoms with Gasteiger partial charge in [0.25, 0.3) is 5.91 Å². The molecule has 1 fully saturated rings. The first-order valence-electron chi connectivity index (χ1n) is 8.52. The van der Waals surface area contributed by atoms with E-state index in [2.05, 4.69) is 10.1 Å². The Bertz CT molecular complexity index is 795. The lowest BCUT2D eigenvalue weighted by Gasteiger charge is -2.33. The SMILES string of the molecule is Cc1nc(-c2cnn(C)c2)sc1C(=O)N(CCC(=O)O)C1CCOCC1. The van der Waals surface area contributed by atoms with Crippen molar-refractivity contribution in [2.24, 2.45) is 7.05 Å². The maximum atomic E-state index is 13.2. The standard InChI is InChI=1S/C17H22N4O4S/c1-11-15(26-16(19-11)12-9-18-20(2)10-12)17(24)21(6-3-14(22)23)13-4-7-25-8-5-13/h9-10,13H,3-8H2,1-2H3,(H,22,23). The largest absolute Gasteiger partial charge is 0.481 e. The molecule has 8 nitrogen and oxygen atoms in total. The van der Waals surface area contributed by atoms with Crippen LogP contribution in [0.25, 0.3) is 10.6 Å². The van der Waals surface area contributed by atoms with Crippen molar-refractivity contribution in [2.75, 3.05) is 19.8 Å². The quantitative estimate of drug-likeness (QED) is 0.825. The molecule has 0 aromatic carbocycles. The van der Waals surface area contributed by atoms with Crippen LogP contribution >= 0.6 is 11.3 Å². The van der Waals surface area contributed by atoms with Crippen molar-refractivity contribution in [1.82, 2.24) is 19.7 Å². The van der Waals surface area contributed by atoms with Gasteiger partial charge in [0.2, 0.25) is 0 Å². The molecule has 2 aromatic rings. The number of amides is 1. The molecular formula is C17H22N4O4S. The molecule has 1 N–H and O–H groups in total. The Kier molecular flexibility index (Phi) is 5.67. The zero-order chi connectivity index (χ0) is 18.7. The van der Waals surface area contributed by atoms with Gasteiger partial charge < -0.3 is 14.7 Å². The molecular weight excluding hydrogens is 356 g/mol. The molecule has 0 aliphatic carbocycles. The van der Waals surface area contributed by atoms with Crippen molar-refractivity contribution in [2.45, 2.75) is 32.2 Å². The van der Waals surface area contributed by atoms with Crippen LogP contribution < -0.4 is 0 Å². The number of thiazole rings is 1. The molecule has 3 rings (SSSR count). The van der Waals surface area contributed by atoms with Gasteiger partial charge in [-0.1, -0.05) is 0 Å². The van der Waals surface area contributed by atoms with E-state index >= 15 is 0 Å². The summed E-state index contributed by atoms with van der Waals surface area (Å²) < 4.78 is 7.06. The van der Waals surface area contributed by atoms with Crippen molar-refractivity contribution in [1.29, 1.82) is 0 Å². The minimum Gasteiger partial charge on any atom is -0.481 e. The number of aryl methyl sites for hydroxylation is 2. The third-order valence-corrected chi connectivity index (χ3v) is 5.60. The summed E-state index contributed by atoms with van der Waals surface area (Å²) in [4.78, 5) is 30.9. The highest BCUT2D eigenvalue weighted by atomic mass is 32.1. The number of aromatic nitrogens is 3. The highest BCUT2D eigenvalue weighted by molar-refractivity contribution is 7.17. The molecule has 140 valence electrons. The Morgan fingerprint density at radius 3 is 2.77 bits per heavy atom. The fourth-order valence-corrected chi connectivity index (χ4v) is 4.04. The molecule has 0 unspecified atom stereocenters. The van der Waals surface area contributed by atoms with Crippen LogP contribution in [-0.2, 0) is 16.6 Å². The molecule has 0 radical (unpaired) electrons. The predicted octanol–water partition coefficient (Wildman–Crippen LogP) is 1.95. The Balaban J connectivity index is 1.85. The van der Waals surface area contributed by atoms with Gasteiger partial charge in [0.05, 0.1) is 18.3 Å². The van der Waals surface area contributed by atoms with Gasteiger partial charge in [-0.3, -0.25) is 14.3 Å². The van der Waals surface area contributed by atoms with E-state index in [0.29, 0.717) is 23.8 Å². The van der Waals surface area contributed by atoms with Gasteiger partial charge in [0, 0.05) is 44.6 Å². The highest BCUT2D eigenvalue weighted by Crippen LogP contribution is 2.29. The minimum atomic E-state index is -0.910. The number of hydrogen-bond acceptors (Lipinski definition) is 6. The topological polar surface area (TPSA) is 97.6 Å². The van der Waals surface area contributed by atoms with E-state index in [0.717, 1.165) is 23.4 Å². The average Bonchev–Trinajstić information content (AvgIpc) is 3.21. The summed E-state index contributed by atoms with van der Waals surface area (Å²) in [6.07, 6.45) is 4.94. The molecule has 26 heavy (non-hydrogen) atoms. The number of carbonyl (C=O) groups excluding carboxylic acids is 1. The second-order valence-electron chi connectivity index (χ2n) is 6.32. The molecule has 0 bridgehead atoms. The second-order valence-corrected chi connectivity index (χ2v) is 7.32. The summed E-state index contributed by atoms with van der Waals surface area (Å²) in [6.45, 7) is 3.18. The van der Waals surface area contributed by atoms with Gasteiger partial charge in [-0.25, -0.2) is 4.98 Å². The molecule has 2 aromatic heterocycles. The summed E-state index contributed by atoms with van der Waals surface area (Å²) in [5, 5.41) is 13.9. The Hall–Kier alpha value is -2.26. The lowest BCUT2D eigenvalue weighted by molar-refractivity contribution is -0.137. The molecule has 3 heterocycles. The van der Waals surface area contributed by atoms with Crippen molar-refractivity contribution >= 4 is 23.2 Å². The normalized spacial score (nSPS) is 15.2. The molecule has 0 atom stereocenters. The number of rotatable bonds is 6. The summed E-state index contributed by atoms with van der Waals surface area (Å²) in [6, 6.07) is -0.000980. The predicted molar refractivity (Wildman–Crippen MR) is 96.2 cm³/mol. The van der Waals surface area contributed by atoms with Gasteiger partial charge in [0.15, 0.2) is 0 Å². The van der Waals surface area contributed by atoms with Crippen molar-refractivity contribution in [3.63, 3.8) is 0 Å². The fourth-order valence-electron chi connectivity index (χ4n) is 3.04. The molecule has 9 heteroatoms. The third kappa shape index (κ3) is 4.10. The van der Waals surface area contributed by atoms with E-state index < -0.39 is 5.97 Å². The van der Waals surface area contributed by atoms with Crippen LogP contribution in [0.15, 0.2) is 12.4 Å². The molecule has 0 saturated carbocycles. The van der Waals surface area contributed by atoms with Gasteiger partial charge in [-0.15, -0.1) is 11.3 Å². The molecule has 1 amide bonds. The number of ether oxygens (including phenoxy) is 1. The van der Waals surface area contributed by atoms with Gasteiger partial charge in [-0.05, 0) is 19.8 Å². The molecule has 1 aliphatic heterocycles. The highest BCUT2D eigenvalue weighted by Gasteiger charge is 2.29. The lowest BCUT2D eigenvalue weighted by atomic mass is 10.1. The number of carbonyl (C=O) groups is 2. The lowest BCUT2D eigenvalue weighted by Crippen LogP contribution is -2.44. The van der Waals surface area contributed by atoms with Crippen LogP contribution in [0.1, 0.15) is 34.6 Å². The Morgan fingerprint density at radius 2 is 2.15 bits per heavy atom. The van der Waals surface area contributed by atoms with Crippen LogP contribution in [0.3, 0.4) is 0 Å². The molecule has 1 aliphatic rings. The number of carboxylic acid groups (broad SMARTS) is 1. The summed E-state index contributed by atoms with van der Waals surface area (Å²) in [7, 11) is 1.83. The average molecular weight is 378 g/mol. The Morgan fingerprint density at radius 1 is 1.42 bits per heavy atom. The number of nitrogens with zero attached hydrogens (tertiary/aromatic N) is 4. The van der Waals surface area contributed by atoms with E-state index in [1.165, 1.54) is 11.3 Å². The number of hydrogen-bond donors (Lipinski definition) is 1. The second kappa shape index (κ2) is 7.96. The summed E-state index contributed by atoms with van der Waals surface area (Å²) in [5.41, 5.74) is 1.52. The Labute approximate surface area is 155 Å².